The van der Waals surface area contributed by atoms with Crippen LogP contribution in [-0.2, 0) is 9.53 Å². The van der Waals surface area contributed by atoms with Crippen molar-refractivity contribution in [3.63, 3.8) is 0 Å². The lowest BCUT2D eigenvalue weighted by molar-refractivity contribution is -0.144. The second-order valence-electron chi connectivity index (χ2n) is 2.90. The maximum Gasteiger partial charge on any atom is 0.306 e. The highest BCUT2D eigenvalue weighted by molar-refractivity contribution is 5.69. The zero-order valence-electron chi connectivity index (χ0n) is 7.72. The van der Waals surface area contributed by atoms with Crippen molar-refractivity contribution in [3.8, 4) is 0 Å². The van der Waals surface area contributed by atoms with Crippen LogP contribution in [0.2, 0.25) is 0 Å². The molecule has 0 saturated carbocycles. The summed E-state index contributed by atoms with van der Waals surface area (Å²) < 4.78 is 4.82. The lowest BCUT2D eigenvalue weighted by atomic mass is 10.0. The Balaban J connectivity index is 3.40. The van der Waals surface area contributed by atoms with Crippen molar-refractivity contribution in [3.05, 3.63) is 0 Å². The van der Waals surface area contributed by atoms with Crippen molar-refractivity contribution in [1.82, 2.24) is 0 Å². The molecule has 0 fully saturated rings. The molecule has 0 radical (unpaired) electrons. The van der Waals surface area contributed by atoms with E-state index >= 15 is 0 Å². The van der Waals surface area contributed by atoms with E-state index in [1.165, 1.54) is 0 Å². The van der Waals surface area contributed by atoms with Gasteiger partial charge in [0.05, 0.1) is 6.61 Å². The second-order valence-corrected chi connectivity index (χ2v) is 2.90. The highest BCUT2D eigenvalue weighted by Crippen LogP contribution is 2.10. The Hall–Kier alpha value is -0.530. The monoisotopic (exact) mass is 158 g/mol. The van der Waals surface area contributed by atoms with Gasteiger partial charge in [0, 0.05) is 6.42 Å². The van der Waals surface area contributed by atoms with Gasteiger partial charge >= 0.3 is 5.97 Å². The Morgan fingerprint density at radius 3 is 2.55 bits per heavy atom. The van der Waals surface area contributed by atoms with E-state index in [9.17, 15) is 4.79 Å². The Morgan fingerprint density at radius 1 is 1.45 bits per heavy atom. The van der Waals surface area contributed by atoms with Crippen molar-refractivity contribution in [2.45, 2.75) is 40.0 Å². The molecular weight excluding hydrogens is 140 g/mol. The number of carbonyl (C=O) groups excluding carboxylic acids is 1. The van der Waals surface area contributed by atoms with Gasteiger partial charge in [-0.05, 0) is 12.8 Å². The molecule has 1 atom stereocenters. The van der Waals surface area contributed by atoms with Gasteiger partial charge in [0.2, 0.25) is 0 Å². The molecule has 66 valence electrons. The topological polar surface area (TPSA) is 26.3 Å². The van der Waals surface area contributed by atoms with Crippen LogP contribution in [0, 0.1) is 5.92 Å². The molecule has 2 heteroatoms. The van der Waals surface area contributed by atoms with Crippen molar-refractivity contribution < 1.29 is 9.53 Å². The van der Waals surface area contributed by atoms with Gasteiger partial charge in [-0.15, -0.1) is 0 Å². The first-order valence-electron chi connectivity index (χ1n) is 4.36. The third-order valence-corrected chi connectivity index (χ3v) is 1.60. The number of ether oxygens (including phenoxy) is 1. The van der Waals surface area contributed by atoms with Crippen molar-refractivity contribution in [1.29, 1.82) is 0 Å². The minimum Gasteiger partial charge on any atom is -0.466 e. The average molecular weight is 158 g/mol. The summed E-state index contributed by atoms with van der Waals surface area (Å²) >= 11 is 0. The molecular formula is C9H18O2. The molecule has 0 bridgehead atoms. The normalized spacial score (nSPS) is 12.6. The van der Waals surface area contributed by atoms with Gasteiger partial charge in [-0.2, -0.15) is 0 Å². The molecule has 0 aliphatic rings. The number of esters is 1. The molecule has 0 N–H and O–H groups in total. The summed E-state index contributed by atoms with van der Waals surface area (Å²) in [5.74, 6) is 0.410. The van der Waals surface area contributed by atoms with Crippen molar-refractivity contribution in [2.75, 3.05) is 6.61 Å². The fourth-order valence-electron chi connectivity index (χ4n) is 1.10. The van der Waals surface area contributed by atoms with Crippen LogP contribution in [0.5, 0.6) is 0 Å². The van der Waals surface area contributed by atoms with E-state index in [1.54, 1.807) is 0 Å². The van der Waals surface area contributed by atoms with E-state index in [1.807, 2.05) is 6.92 Å². The lowest BCUT2D eigenvalue weighted by Crippen LogP contribution is -2.08. The van der Waals surface area contributed by atoms with Gasteiger partial charge in [-0.3, -0.25) is 4.79 Å². The number of hydrogen-bond donors (Lipinski definition) is 0. The molecule has 0 aliphatic heterocycles. The van der Waals surface area contributed by atoms with Crippen LogP contribution in [0.15, 0.2) is 0 Å². The van der Waals surface area contributed by atoms with Crippen LogP contribution in [0.25, 0.3) is 0 Å². The smallest absolute Gasteiger partial charge is 0.306 e. The zero-order chi connectivity index (χ0) is 8.69. The Kier molecular flexibility index (Phi) is 5.90. The van der Waals surface area contributed by atoms with E-state index in [4.69, 9.17) is 4.74 Å². The van der Waals surface area contributed by atoms with Crippen molar-refractivity contribution in [2.24, 2.45) is 5.92 Å². The predicted octanol–water partition coefficient (Wildman–Crippen LogP) is 2.38. The number of carbonyl (C=O) groups is 1. The molecule has 0 aromatic heterocycles. The van der Waals surface area contributed by atoms with E-state index in [2.05, 4.69) is 13.8 Å². The second kappa shape index (κ2) is 6.20. The van der Waals surface area contributed by atoms with E-state index in [0.717, 1.165) is 12.8 Å². The van der Waals surface area contributed by atoms with Crippen molar-refractivity contribution >= 4 is 5.97 Å². The van der Waals surface area contributed by atoms with Gasteiger partial charge in [0.1, 0.15) is 0 Å². The quantitative estimate of drug-likeness (QED) is 0.574. The fourth-order valence-corrected chi connectivity index (χ4v) is 1.10. The Morgan fingerprint density at radius 2 is 2.09 bits per heavy atom. The zero-order valence-corrected chi connectivity index (χ0v) is 7.72. The van der Waals surface area contributed by atoms with Gasteiger partial charge in [0.15, 0.2) is 0 Å². The van der Waals surface area contributed by atoms with Crippen LogP contribution in [0.1, 0.15) is 40.0 Å². The first-order valence-corrected chi connectivity index (χ1v) is 4.36. The summed E-state index contributed by atoms with van der Waals surface area (Å²) in [6.45, 7) is 6.54. The summed E-state index contributed by atoms with van der Waals surface area (Å²) in [7, 11) is 0. The lowest BCUT2D eigenvalue weighted by Gasteiger charge is -2.07. The minimum absolute atomic E-state index is 0.0616. The highest BCUT2D eigenvalue weighted by Gasteiger charge is 2.07. The summed E-state index contributed by atoms with van der Waals surface area (Å²) in [6.07, 6.45) is 2.82. The number of hydrogen-bond acceptors (Lipinski definition) is 2. The molecule has 0 spiro atoms. The predicted molar refractivity (Wildman–Crippen MR) is 45.3 cm³/mol. The Bertz CT molecular complexity index is 110. The van der Waals surface area contributed by atoms with Crippen LogP contribution >= 0.6 is 0 Å². The maximum atomic E-state index is 10.9. The molecule has 11 heavy (non-hydrogen) atoms. The van der Waals surface area contributed by atoms with Gasteiger partial charge in [-0.1, -0.05) is 26.7 Å². The molecule has 0 aliphatic carbocycles. The number of rotatable bonds is 5. The van der Waals surface area contributed by atoms with Gasteiger partial charge < -0.3 is 4.74 Å². The standard InChI is InChI=1S/C9H18O2/c1-4-6-8(3)7-9(10)11-5-2/h8H,4-7H2,1-3H3/t8-/m1/s1. The molecule has 0 aromatic rings. The summed E-state index contributed by atoms with van der Waals surface area (Å²) in [5, 5.41) is 0. The van der Waals surface area contributed by atoms with Gasteiger partial charge in [-0.25, -0.2) is 0 Å². The first-order chi connectivity index (χ1) is 5.20. The van der Waals surface area contributed by atoms with Gasteiger partial charge in [0.25, 0.3) is 0 Å². The highest BCUT2D eigenvalue weighted by atomic mass is 16.5. The average Bonchev–Trinajstić information content (AvgIpc) is 1.87. The third-order valence-electron chi connectivity index (χ3n) is 1.60. The fraction of sp³-hybridized carbons (Fsp3) is 0.889. The van der Waals surface area contributed by atoms with E-state index < -0.39 is 0 Å². The van der Waals surface area contributed by atoms with Crippen LogP contribution in [0.4, 0.5) is 0 Å². The SMILES string of the molecule is CCC[C@@H](C)CC(=O)OCC. The third kappa shape index (κ3) is 5.89. The van der Waals surface area contributed by atoms with E-state index in [0.29, 0.717) is 18.9 Å². The van der Waals surface area contributed by atoms with E-state index in [-0.39, 0.29) is 5.97 Å². The molecule has 0 rings (SSSR count). The molecule has 0 saturated heterocycles. The summed E-state index contributed by atoms with van der Waals surface area (Å²) in [6, 6.07) is 0. The maximum absolute atomic E-state index is 10.9. The van der Waals surface area contributed by atoms with Crippen LogP contribution < -0.4 is 0 Å². The summed E-state index contributed by atoms with van der Waals surface area (Å²) in [5.41, 5.74) is 0. The summed E-state index contributed by atoms with van der Waals surface area (Å²) in [4.78, 5) is 10.9. The minimum atomic E-state index is -0.0616. The van der Waals surface area contributed by atoms with Crippen LogP contribution in [-0.4, -0.2) is 12.6 Å². The van der Waals surface area contributed by atoms with Crippen LogP contribution in [0.3, 0.4) is 0 Å². The Labute approximate surface area is 68.9 Å². The molecule has 2 nitrogen and oxygen atoms in total. The first kappa shape index (κ1) is 10.5. The molecule has 0 aromatic carbocycles. The molecule has 0 amide bonds. The molecule has 0 heterocycles. The molecule has 0 unspecified atom stereocenters. The largest absolute Gasteiger partial charge is 0.466 e.